The van der Waals surface area contributed by atoms with E-state index < -0.39 is 4.92 Å². The van der Waals surface area contributed by atoms with Gasteiger partial charge < -0.3 is 10.1 Å². The highest BCUT2D eigenvalue weighted by Crippen LogP contribution is 2.22. The molecule has 1 rings (SSSR count). The molecule has 0 amide bonds. The van der Waals surface area contributed by atoms with Gasteiger partial charge >= 0.3 is 0 Å². The molecule has 0 fully saturated rings. The Morgan fingerprint density at radius 2 is 2.25 bits per heavy atom. The first-order chi connectivity index (χ1) is 7.65. The third-order valence-electron chi connectivity index (χ3n) is 2.16. The van der Waals surface area contributed by atoms with Gasteiger partial charge in [-0.2, -0.15) is 0 Å². The highest BCUT2D eigenvalue weighted by molar-refractivity contribution is 5.42. The number of nitro groups is 1. The van der Waals surface area contributed by atoms with Crippen LogP contribution in [0.25, 0.3) is 0 Å². The van der Waals surface area contributed by atoms with Crippen LogP contribution >= 0.6 is 0 Å². The highest BCUT2D eigenvalue weighted by atomic mass is 16.6. The molecule has 0 heterocycles. The van der Waals surface area contributed by atoms with Crippen molar-refractivity contribution in [3.05, 3.63) is 33.9 Å². The van der Waals surface area contributed by atoms with Crippen LogP contribution in [-0.2, 0) is 0 Å². The number of nitro benzene ring substituents is 1. The summed E-state index contributed by atoms with van der Waals surface area (Å²) in [6, 6.07) is 4.61. The van der Waals surface area contributed by atoms with Gasteiger partial charge in [0.2, 0.25) is 0 Å². The van der Waals surface area contributed by atoms with Gasteiger partial charge in [-0.25, -0.2) is 0 Å². The molecule has 16 heavy (non-hydrogen) atoms. The van der Waals surface area contributed by atoms with Crippen LogP contribution < -0.4 is 10.1 Å². The average molecular weight is 224 g/mol. The lowest BCUT2D eigenvalue weighted by Crippen LogP contribution is -2.20. The SMILES string of the molecule is CCNCCOc1ccc([N+](=O)[O-])cc1C. The van der Waals surface area contributed by atoms with Crippen LogP contribution in [0, 0.1) is 17.0 Å². The molecule has 0 aromatic heterocycles. The van der Waals surface area contributed by atoms with Crippen LogP contribution in [0.1, 0.15) is 12.5 Å². The van der Waals surface area contributed by atoms with E-state index in [0.717, 1.165) is 18.7 Å². The fraction of sp³-hybridized carbons (Fsp3) is 0.455. The molecule has 5 heteroatoms. The van der Waals surface area contributed by atoms with Crippen molar-refractivity contribution in [1.29, 1.82) is 0 Å². The lowest BCUT2D eigenvalue weighted by atomic mass is 10.2. The molecule has 0 aliphatic carbocycles. The van der Waals surface area contributed by atoms with Crippen molar-refractivity contribution in [2.24, 2.45) is 0 Å². The lowest BCUT2D eigenvalue weighted by Gasteiger charge is -2.08. The van der Waals surface area contributed by atoms with E-state index in [0.29, 0.717) is 12.4 Å². The molecule has 0 spiro atoms. The van der Waals surface area contributed by atoms with E-state index in [1.807, 2.05) is 6.92 Å². The summed E-state index contributed by atoms with van der Waals surface area (Å²) in [5, 5.41) is 13.7. The Kier molecular flexibility index (Phi) is 4.72. The second-order valence-corrected chi connectivity index (χ2v) is 3.41. The number of nitrogens with zero attached hydrogens (tertiary/aromatic N) is 1. The molecule has 0 bridgehead atoms. The van der Waals surface area contributed by atoms with Crippen molar-refractivity contribution in [3.8, 4) is 5.75 Å². The molecule has 0 aliphatic heterocycles. The molecule has 0 aliphatic rings. The molecule has 0 saturated carbocycles. The van der Waals surface area contributed by atoms with Crippen molar-refractivity contribution < 1.29 is 9.66 Å². The fourth-order valence-electron chi connectivity index (χ4n) is 1.32. The molecule has 5 nitrogen and oxygen atoms in total. The molecule has 1 aromatic carbocycles. The van der Waals surface area contributed by atoms with Gasteiger partial charge in [-0.1, -0.05) is 6.92 Å². The summed E-state index contributed by atoms with van der Waals surface area (Å²) < 4.78 is 5.49. The molecule has 0 radical (unpaired) electrons. The van der Waals surface area contributed by atoms with Crippen LogP contribution in [0.15, 0.2) is 18.2 Å². The second-order valence-electron chi connectivity index (χ2n) is 3.41. The summed E-state index contributed by atoms with van der Waals surface area (Å²) in [5.74, 6) is 0.698. The zero-order valence-electron chi connectivity index (χ0n) is 9.53. The van der Waals surface area contributed by atoms with E-state index in [9.17, 15) is 10.1 Å². The maximum atomic E-state index is 10.5. The number of rotatable bonds is 6. The first-order valence-electron chi connectivity index (χ1n) is 5.23. The number of aryl methyl sites for hydroxylation is 1. The molecule has 0 unspecified atom stereocenters. The zero-order valence-corrected chi connectivity index (χ0v) is 9.53. The van der Waals surface area contributed by atoms with Crippen molar-refractivity contribution in [2.75, 3.05) is 19.7 Å². The van der Waals surface area contributed by atoms with Crippen LogP contribution in [0.5, 0.6) is 5.75 Å². The van der Waals surface area contributed by atoms with Crippen LogP contribution in [0.4, 0.5) is 5.69 Å². The average Bonchev–Trinajstić information content (AvgIpc) is 2.26. The molecule has 88 valence electrons. The summed E-state index contributed by atoms with van der Waals surface area (Å²) in [6.45, 7) is 6.06. The van der Waals surface area contributed by atoms with Crippen LogP contribution in [0.3, 0.4) is 0 Å². The smallest absolute Gasteiger partial charge is 0.269 e. The summed E-state index contributed by atoms with van der Waals surface area (Å²) in [5.41, 5.74) is 0.877. The Bertz CT molecular complexity index is 366. The van der Waals surface area contributed by atoms with Crippen LogP contribution in [-0.4, -0.2) is 24.6 Å². The van der Waals surface area contributed by atoms with E-state index in [1.54, 1.807) is 13.0 Å². The number of hydrogen-bond donors (Lipinski definition) is 1. The Hall–Kier alpha value is -1.62. The van der Waals surface area contributed by atoms with Crippen molar-refractivity contribution in [3.63, 3.8) is 0 Å². The molecule has 1 N–H and O–H groups in total. The predicted molar refractivity (Wildman–Crippen MR) is 61.9 cm³/mol. The van der Waals surface area contributed by atoms with Gasteiger partial charge in [0.15, 0.2) is 0 Å². The van der Waals surface area contributed by atoms with Gasteiger partial charge in [-0.3, -0.25) is 10.1 Å². The summed E-state index contributed by atoms with van der Waals surface area (Å²) in [6.07, 6.45) is 0. The standard InChI is InChI=1S/C11H16N2O3/c1-3-12-6-7-16-11-5-4-10(13(14)15)8-9(11)2/h4-5,8,12H,3,6-7H2,1-2H3. The van der Waals surface area contributed by atoms with E-state index in [-0.39, 0.29) is 5.69 Å². The minimum Gasteiger partial charge on any atom is -0.492 e. The first-order valence-corrected chi connectivity index (χ1v) is 5.23. The molecular formula is C11H16N2O3. The number of likely N-dealkylation sites (N-methyl/N-ethyl adjacent to an activating group) is 1. The quantitative estimate of drug-likeness (QED) is 0.455. The van der Waals surface area contributed by atoms with Gasteiger partial charge in [-0.05, 0) is 25.1 Å². The number of hydrogen-bond acceptors (Lipinski definition) is 4. The zero-order chi connectivity index (χ0) is 12.0. The first kappa shape index (κ1) is 12.4. The van der Waals surface area contributed by atoms with Gasteiger partial charge in [0.05, 0.1) is 4.92 Å². The van der Waals surface area contributed by atoms with E-state index in [1.165, 1.54) is 12.1 Å². The third-order valence-corrected chi connectivity index (χ3v) is 2.16. The Balaban J connectivity index is 2.57. The molecule has 1 aromatic rings. The number of benzene rings is 1. The predicted octanol–water partition coefficient (Wildman–Crippen LogP) is 1.89. The Morgan fingerprint density at radius 1 is 1.50 bits per heavy atom. The normalized spacial score (nSPS) is 10.1. The summed E-state index contributed by atoms with van der Waals surface area (Å²) in [7, 11) is 0. The number of non-ortho nitro benzene ring substituents is 1. The topological polar surface area (TPSA) is 64.4 Å². The van der Waals surface area contributed by atoms with E-state index in [2.05, 4.69) is 5.32 Å². The Morgan fingerprint density at radius 3 is 2.81 bits per heavy atom. The minimum atomic E-state index is -0.407. The largest absolute Gasteiger partial charge is 0.492 e. The Labute approximate surface area is 94.6 Å². The van der Waals surface area contributed by atoms with Crippen molar-refractivity contribution in [1.82, 2.24) is 5.32 Å². The van der Waals surface area contributed by atoms with Crippen LogP contribution in [0.2, 0.25) is 0 Å². The molecule has 0 atom stereocenters. The van der Waals surface area contributed by atoms with Gasteiger partial charge in [0.25, 0.3) is 5.69 Å². The second kappa shape index (κ2) is 6.07. The lowest BCUT2D eigenvalue weighted by molar-refractivity contribution is -0.384. The van der Waals surface area contributed by atoms with Crippen molar-refractivity contribution in [2.45, 2.75) is 13.8 Å². The molecule has 0 saturated heterocycles. The van der Waals surface area contributed by atoms with Gasteiger partial charge in [-0.15, -0.1) is 0 Å². The van der Waals surface area contributed by atoms with Gasteiger partial charge in [0.1, 0.15) is 12.4 Å². The number of ether oxygens (including phenoxy) is 1. The maximum Gasteiger partial charge on any atom is 0.269 e. The summed E-state index contributed by atoms with van der Waals surface area (Å²) in [4.78, 5) is 10.1. The maximum absolute atomic E-state index is 10.5. The van der Waals surface area contributed by atoms with E-state index in [4.69, 9.17) is 4.74 Å². The number of nitrogens with one attached hydrogen (secondary N) is 1. The minimum absolute atomic E-state index is 0.0940. The van der Waals surface area contributed by atoms with Crippen molar-refractivity contribution >= 4 is 5.69 Å². The third kappa shape index (κ3) is 3.51. The summed E-state index contributed by atoms with van der Waals surface area (Å²) >= 11 is 0. The molecular weight excluding hydrogens is 208 g/mol. The monoisotopic (exact) mass is 224 g/mol. The van der Waals surface area contributed by atoms with Gasteiger partial charge in [0, 0.05) is 18.7 Å². The van der Waals surface area contributed by atoms with E-state index >= 15 is 0 Å². The fourth-order valence-corrected chi connectivity index (χ4v) is 1.32. The highest BCUT2D eigenvalue weighted by Gasteiger charge is 2.08.